The molecule has 1 aromatic heterocycles. The lowest BCUT2D eigenvalue weighted by Gasteiger charge is -2.12. The molecule has 0 aliphatic carbocycles. The zero-order valence-corrected chi connectivity index (χ0v) is 19.9. The van der Waals surface area contributed by atoms with Gasteiger partial charge in [-0.3, -0.25) is 9.08 Å². The van der Waals surface area contributed by atoms with Gasteiger partial charge in [-0.15, -0.1) is 0 Å². The molecule has 0 unspecified atom stereocenters. The Bertz CT molecular complexity index is 1490. The van der Waals surface area contributed by atoms with Gasteiger partial charge in [0, 0.05) is 23.7 Å². The molecule has 0 radical (unpaired) electrons. The third-order valence-electron chi connectivity index (χ3n) is 5.51. The maximum atomic E-state index is 13.8. The van der Waals surface area contributed by atoms with Crippen molar-refractivity contribution in [1.29, 1.82) is 0 Å². The van der Waals surface area contributed by atoms with Crippen LogP contribution in [0.25, 0.3) is 10.8 Å². The Hall–Kier alpha value is -3.91. The lowest BCUT2D eigenvalue weighted by molar-refractivity contribution is 0.106. The van der Waals surface area contributed by atoms with Gasteiger partial charge in [-0.1, -0.05) is 47.1 Å². The van der Waals surface area contributed by atoms with E-state index in [0.717, 1.165) is 10.9 Å². The number of fused-ring (bicyclic) bond motifs is 1. The van der Waals surface area contributed by atoms with Crippen LogP contribution >= 0.6 is 0 Å². The number of hydrogen-bond acceptors (Lipinski definition) is 6. The van der Waals surface area contributed by atoms with Gasteiger partial charge in [-0.25, -0.2) is 0 Å². The Labute approximate surface area is 198 Å². The largest absolute Gasteiger partial charge is 0.496 e. The Morgan fingerprint density at radius 2 is 1.65 bits per heavy atom. The van der Waals surface area contributed by atoms with Gasteiger partial charge in [0.05, 0.1) is 12.8 Å². The summed E-state index contributed by atoms with van der Waals surface area (Å²) in [6.45, 7) is 4.32. The average Bonchev–Trinajstić information content (AvgIpc) is 3.32. The van der Waals surface area contributed by atoms with E-state index in [1.807, 2.05) is 38.1 Å². The minimum absolute atomic E-state index is 0.0468. The smallest absolute Gasteiger partial charge is 0.358 e. The average molecular weight is 477 g/mol. The van der Waals surface area contributed by atoms with Crippen LogP contribution in [0, 0.1) is 6.92 Å². The third-order valence-corrected chi connectivity index (χ3v) is 6.63. The number of nitrogens with zero attached hydrogens (tertiary/aromatic N) is 2. The molecule has 0 aliphatic rings. The first-order valence-corrected chi connectivity index (χ1v) is 12.1. The van der Waals surface area contributed by atoms with Crippen molar-refractivity contribution < 1.29 is 22.2 Å². The van der Waals surface area contributed by atoms with E-state index in [1.165, 1.54) is 12.1 Å². The van der Waals surface area contributed by atoms with Gasteiger partial charge in [-0.2, -0.15) is 8.42 Å². The molecule has 1 heterocycles. The van der Waals surface area contributed by atoms with Crippen LogP contribution in [-0.4, -0.2) is 31.6 Å². The van der Waals surface area contributed by atoms with Gasteiger partial charge in [0.2, 0.25) is 5.78 Å². The lowest BCUT2D eigenvalue weighted by atomic mass is 9.97. The summed E-state index contributed by atoms with van der Waals surface area (Å²) in [5, 5.41) is 5.32. The van der Waals surface area contributed by atoms with Gasteiger partial charge in [0.25, 0.3) is 0 Å². The minimum Gasteiger partial charge on any atom is -0.496 e. The molecule has 0 atom stereocenters. The minimum atomic E-state index is -4.22. The number of carbonyl (C=O) groups is 1. The van der Waals surface area contributed by atoms with Gasteiger partial charge < -0.3 is 9.30 Å². The molecule has 3 aromatic carbocycles. The summed E-state index contributed by atoms with van der Waals surface area (Å²) in [5.41, 5.74) is 1.60. The summed E-state index contributed by atoms with van der Waals surface area (Å²) in [6.07, 6.45) is 1.79. The summed E-state index contributed by atoms with van der Waals surface area (Å²) in [4.78, 5) is 13.7. The number of Topliss-reactive ketones (excluding diaryl/α,β-unsaturated/α-hetero) is 1. The number of hydrogen-bond donors (Lipinski definition) is 0. The molecule has 0 N–H and O–H groups in total. The highest BCUT2D eigenvalue weighted by molar-refractivity contribution is 7.86. The highest BCUT2D eigenvalue weighted by atomic mass is 32.2. The summed E-state index contributed by atoms with van der Waals surface area (Å²) >= 11 is 0. The number of oxime groups is 1. The van der Waals surface area contributed by atoms with Crippen LogP contribution in [0.5, 0.6) is 5.75 Å². The van der Waals surface area contributed by atoms with Crippen LogP contribution in [0.4, 0.5) is 0 Å². The topological polar surface area (TPSA) is 87.0 Å². The van der Waals surface area contributed by atoms with Crippen molar-refractivity contribution in [3.8, 4) is 5.75 Å². The van der Waals surface area contributed by atoms with Gasteiger partial charge in [0.1, 0.15) is 10.6 Å². The van der Waals surface area contributed by atoms with Crippen molar-refractivity contribution in [2.45, 2.75) is 25.3 Å². The number of ketones is 1. The molecule has 8 heteroatoms. The molecule has 4 aromatic rings. The van der Waals surface area contributed by atoms with Crippen LogP contribution in [-0.2, 0) is 20.9 Å². The number of rotatable bonds is 8. The van der Waals surface area contributed by atoms with E-state index in [0.29, 0.717) is 28.9 Å². The maximum absolute atomic E-state index is 13.8. The molecule has 0 amide bonds. The molecule has 0 saturated carbocycles. The fraction of sp³-hybridized carbons (Fsp3) is 0.154. The summed E-state index contributed by atoms with van der Waals surface area (Å²) in [7, 11) is -2.66. The van der Waals surface area contributed by atoms with Gasteiger partial charge in [-0.05, 0) is 55.6 Å². The Morgan fingerprint density at radius 3 is 2.32 bits per heavy atom. The number of ether oxygens (including phenoxy) is 1. The fourth-order valence-electron chi connectivity index (χ4n) is 3.72. The predicted molar refractivity (Wildman–Crippen MR) is 131 cm³/mol. The standard InChI is InChI=1S/C26H24N2O5S/c1-4-28-17-7-10-23(28)25(27-33-34(30,31)19-13-11-18(2)12-14-19)26(29)22-15-16-24(32-3)21-9-6-5-8-20(21)22/h5-17H,4H2,1-3H3/b27-25+. The van der Waals surface area contributed by atoms with Gasteiger partial charge in [0.15, 0.2) is 5.71 Å². The molecular formula is C26H24N2O5S. The van der Waals surface area contributed by atoms with Crippen LogP contribution in [0.2, 0.25) is 0 Å². The zero-order valence-electron chi connectivity index (χ0n) is 19.1. The summed E-state index contributed by atoms with van der Waals surface area (Å²) in [6, 6.07) is 20.4. The molecule has 0 spiro atoms. The van der Waals surface area contributed by atoms with Crippen molar-refractivity contribution in [2.24, 2.45) is 5.16 Å². The SMILES string of the molecule is CCn1cccc1/C(=N\OS(=O)(=O)c1ccc(C)cc1)C(=O)c1ccc(OC)c2ccccc12. The van der Waals surface area contributed by atoms with E-state index in [1.54, 1.807) is 54.3 Å². The van der Waals surface area contributed by atoms with Crippen LogP contribution in [0.3, 0.4) is 0 Å². The van der Waals surface area contributed by atoms with Crippen molar-refractivity contribution in [2.75, 3.05) is 7.11 Å². The molecule has 34 heavy (non-hydrogen) atoms. The molecule has 0 bridgehead atoms. The Kier molecular flexibility index (Phi) is 6.51. The zero-order chi connectivity index (χ0) is 24.3. The molecule has 0 aliphatic heterocycles. The summed E-state index contributed by atoms with van der Waals surface area (Å²) in [5.74, 6) is 0.159. The number of aryl methyl sites for hydroxylation is 2. The predicted octanol–water partition coefficient (Wildman–Crippen LogP) is 4.97. The number of methoxy groups -OCH3 is 1. The van der Waals surface area contributed by atoms with E-state index in [9.17, 15) is 13.2 Å². The second-order valence-corrected chi connectivity index (χ2v) is 9.18. The quantitative estimate of drug-likeness (QED) is 0.204. The third kappa shape index (κ3) is 4.45. The van der Waals surface area contributed by atoms with Crippen LogP contribution in [0.15, 0.2) is 89.0 Å². The first-order chi connectivity index (χ1) is 16.4. The second kappa shape index (κ2) is 9.52. The number of carbonyl (C=O) groups excluding carboxylic acids is 1. The van der Waals surface area contributed by atoms with E-state index < -0.39 is 15.9 Å². The molecule has 4 rings (SSSR count). The first-order valence-electron chi connectivity index (χ1n) is 10.7. The van der Waals surface area contributed by atoms with Crippen molar-refractivity contribution in [3.63, 3.8) is 0 Å². The lowest BCUT2D eigenvalue weighted by Crippen LogP contribution is -2.21. The van der Waals surface area contributed by atoms with E-state index in [-0.39, 0.29) is 10.6 Å². The van der Waals surface area contributed by atoms with E-state index in [4.69, 9.17) is 9.02 Å². The molecular weight excluding hydrogens is 452 g/mol. The molecule has 174 valence electrons. The molecule has 0 fully saturated rings. The maximum Gasteiger partial charge on any atom is 0.358 e. The Morgan fingerprint density at radius 1 is 0.941 bits per heavy atom. The van der Waals surface area contributed by atoms with Crippen LogP contribution in [0.1, 0.15) is 28.5 Å². The van der Waals surface area contributed by atoms with Gasteiger partial charge >= 0.3 is 10.1 Å². The van der Waals surface area contributed by atoms with Crippen molar-refractivity contribution in [3.05, 3.63) is 95.8 Å². The second-order valence-electron chi connectivity index (χ2n) is 7.65. The number of aromatic nitrogens is 1. The van der Waals surface area contributed by atoms with Crippen LogP contribution < -0.4 is 4.74 Å². The highest BCUT2D eigenvalue weighted by Crippen LogP contribution is 2.29. The highest BCUT2D eigenvalue weighted by Gasteiger charge is 2.25. The van der Waals surface area contributed by atoms with Crippen molar-refractivity contribution in [1.82, 2.24) is 4.57 Å². The van der Waals surface area contributed by atoms with E-state index >= 15 is 0 Å². The first kappa shape index (κ1) is 23.3. The Balaban J connectivity index is 1.83. The van der Waals surface area contributed by atoms with Crippen molar-refractivity contribution >= 4 is 32.4 Å². The monoisotopic (exact) mass is 476 g/mol. The normalized spacial score (nSPS) is 12.0. The molecule has 0 saturated heterocycles. The number of benzene rings is 3. The fourth-order valence-corrected chi connectivity index (χ4v) is 4.45. The summed E-state index contributed by atoms with van der Waals surface area (Å²) < 4.78 is 37.8. The van der Waals surface area contributed by atoms with E-state index in [2.05, 4.69) is 5.16 Å². The molecule has 7 nitrogen and oxygen atoms in total.